The smallest absolute Gasteiger partial charge is 0.361 e. The monoisotopic (exact) mass is 328 g/mol. The third-order valence-corrected chi connectivity index (χ3v) is 3.72. The van der Waals surface area contributed by atoms with Gasteiger partial charge in [0.2, 0.25) is 0 Å². The van der Waals surface area contributed by atoms with E-state index in [1.807, 2.05) is 4.98 Å². The minimum absolute atomic E-state index is 0.289. The van der Waals surface area contributed by atoms with Gasteiger partial charge in [0.1, 0.15) is 30.3 Å². The number of aromatic nitrogens is 4. The lowest BCUT2D eigenvalue weighted by atomic mass is 10.0. The molecule has 0 amide bonds. The summed E-state index contributed by atoms with van der Waals surface area (Å²) < 4.78 is 5.88. The third-order valence-electron chi connectivity index (χ3n) is 3.72. The molecule has 124 valence electrons. The number of aliphatic hydroxyl groups is 3. The number of hydrogen-bond acceptors (Lipinski definition) is 8. The van der Waals surface area contributed by atoms with E-state index in [4.69, 9.17) is 9.84 Å². The van der Waals surface area contributed by atoms with Gasteiger partial charge in [-0.2, -0.15) is 0 Å². The molecule has 2 aromatic rings. The Morgan fingerprint density at radius 2 is 2.09 bits per heavy atom. The number of carboxylic acid groups (broad SMARTS) is 1. The fourth-order valence-electron chi connectivity index (χ4n) is 2.62. The van der Waals surface area contributed by atoms with Crippen molar-refractivity contribution >= 4 is 17.1 Å². The van der Waals surface area contributed by atoms with E-state index >= 15 is 0 Å². The maximum Gasteiger partial charge on any atom is 0.361 e. The molecule has 0 unspecified atom stereocenters. The highest BCUT2D eigenvalue weighted by Gasteiger charge is 2.61. The van der Waals surface area contributed by atoms with Crippen molar-refractivity contribution in [3.05, 3.63) is 27.2 Å². The topological polar surface area (TPSA) is 191 Å². The minimum Gasteiger partial charge on any atom is -0.478 e. The minimum atomic E-state index is -2.57. The van der Waals surface area contributed by atoms with E-state index in [0.717, 1.165) is 10.9 Å². The van der Waals surface area contributed by atoms with Gasteiger partial charge >= 0.3 is 11.7 Å². The molecule has 12 nitrogen and oxygen atoms in total. The molecule has 0 bridgehead atoms. The van der Waals surface area contributed by atoms with Crippen LogP contribution in [0.3, 0.4) is 0 Å². The van der Waals surface area contributed by atoms with Crippen molar-refractivity contribution < 1.29 is 30.0 Å². The number of fused-ring (bicyclic) bond motifs is 1. The predicted molar refractivity (Wildman–Crippen MR) is 70.6 cm³/mol. The number of aliphatic carboxylic acids is 1. The zero-order valence-electron chi connectivity index (χ0n) is 11.3. The second-order valence-electron chi connectivity index (χ2n) is 5.00. The van der Waals surface area contributed by atoms with Crippen LogP contribution in [0.25, 0.3) is 11.2 Å². The first-order chi connectivity index (χ1) is 10.8. The number of nitrogens with one attached hydrogen (secondary N) is 2. The van der Waals surface area contributed by atoms with Crippen LogP contribution in [0.1, 0.15) is 0 Å². The van der Waals surface area contributed by atoms with E-state index in [-0.39, 0.29) is 11.2 Å². The summed E-state index contributed by atoms with van der Waals surface area (Å²) >= 11 is 0. The van der Waals surface area contributed by atoms with Crippen LogP contribution in [0.15, 0.2) is 15.9 Å². The van der Waals surface area contributed by atoms with Crippen molar-refractivity contribution in [2.45, 2.75) is 24.0 Å². The molecular formula is C11H12N4O8. The van der Waals surface area contributed by atoms with Crippen LogP contribution in [0.2, 0.25) is 0 Å². The fourth-order valence-corrected chi connectivity index (χ4v) is 2.62. The summed E-state index contributed by atoms with van der Waals surface area (Å²) in [6, 6.07) is 0. The van der Waals surface area contributed by atoms with Gasteiger partial charge in [-0.05, 0) is 0 Å². The first kappa shape index (κ1) is 15.4. The molecule has 0 spiro atoms. The molecule has 0 radical (unpaired) electrons. The molecule has 4 atom stereocenters. The van der Waals surface area contributed by atoms with Crippen molar-refractivity contribution in [2.24, 2.45) is 0 Å². The predicted octanol–water partition coefficient (Wildman–Crippen LogP) is -3.74. The molecule has 0 saturated carbocycles. The first-order valence-electron chi connectivity index (χ1n) is 6.41. The lowest BCUT2D eigenvalue weighted by Crippen LogP contribution is -2.51. The quantitative estimate of drug-likeness (QED) is 0.328. The van der Waals surface area contributed by atoms with E-state index in [1.165, 1.54) is 0 Å². The Morgan fingerprint density at radius 1 is 1.39 bits per heavy atom. The van der Waals surface area contributed by atoms with Crippen molar-refractivity contribution in [3.63, 3.8) is 0 Å². The number of carbonyl (C=O) groups is 1. The zero-order valence-corrected chi connectivity index (χ0v) is 11.3. The van der Waals surface area contributed by atoms with E-state index in [0.29, 0.717) is 0 Å². The number of carboxylic acids is 1. The second-order valence-corrected chi connectivity index (χ2v) is 5.00. The Morgan fingerprint density at radius 3 is 2.65 bits per heavy atom. The van der Waals surface area contributed by atoms with Crippen LogP contribution in [0.5, 0.6) is 0 Å². The first-order valence-corrected chi connectivity index (χ1v) is 6.41. The van der Waals surface area contributed by atoms with Gasteiger partial charge in [0, 0.05) is 0 Å². The Kier molecular flexibility index (Phi) is 3.33. The highest BCUT2D eigenvalue weighted by molar-refractivity contribution is 5.80. The number of hydrogen-bond donors (Lipinski definition) is 6. The normalized spacial score (nSPS) is 30.8. The van der Waals surface area contributed by atoms with Crippen LogP contribution in [-0.4, -0.2) is 70.8 Å². The molecule has 23 heavy (non-hydrogen) atoms. The number of H-pyrrole nitrogens is 2. The van der Waals surface area contributed by atoms with Crippen LogP contribution in [0, 0.1) is 0 Å². The SMILES string of the molecule is O=C(O)[C@@]1(n2cnc3c(=O)[nH]c(=O)[nH]c32)O[C@H](CO)[C@@H](O)[C@H]1O. The number of ether oxygens (including phenoxy) is 1. The number of rotatable bonds is 3. The summed E-state index contributed by atoms with van der Waals surface area (Å²) in [7, 11) is 0. The standard InChI is InChI=1S/C11H12N4O8/c16-1-3-5(17)6(18)11(23-3,9(20)21)15-2-12-4-7(15)13-10(22)14-8(4)19/h2-3,5-6,16-18H,1H2,(H,20,21)(H2,13,14,19,22)/t3-,5-,6-,11+/m1/s1. The molecule has 6 N–H and O–H groups in total. The molecule has 1 aliphatic rings. The summed E-state index contributed by atoms with van der Waals surface area (Å²) in [6.45, 7) is -0.753. The van der Waals surface area contributed by atoms with E-state index in [1.54, 1.807) is 0 Å². The summed E-state index contributed by atoms with van der Waals surface area (Å²) in [5.41, 5.74) is -4.96. The molecule has 1 fully saturated rings. The molecule has 3 heterocycles. The highest BCUT2D eigenvalue weighted by Crippen LogP contribution is 2.37. The van der Waals surface area contributed by atoms with Gasteiger partial charge in [0.25, 0.3) is 11.3 Å². The number of aromatic amines is 2. The van der Waals surface area contributed by atoms with E-state index in [9.17, 15) is 29.7 Å². The van der Waals surface area contributed by atoms with Crippen molar-refractivity contribution in [1.82, 2.24) is 19.5 Å². The fraction of sp³-hybridized carbons (Fsp3) is 0.455. The second kappa shape index (κ2) is 4.99. The lowest BCUT2D eigenvalue weighted by molar-refractivity contribution is -0.194. The van der Waals surface area contributed by atoms with Gasteiger partial charge in [0.15, 0.2) is 5.52 Å². The molecule has 12 heteroatoms. The molecule has 0 aromatic carbocycles. The van der Waals surface area contributed by atoms with Crippen LogP contribution in [0.4, 0.5) is 0 Å². The Balaban J connectivity index is 2.31. The van der Waals surface area contributed by atoms with Gasteiger partial charge < -0.3 is 25.2 Å². The lowest BCUT2D eigenvalue weighted by Gasteiger charge is -2.28. The Labute approximate surface area is 125 Å². The van der Waals surface area contributed by atoms with Gasteiger partial charge in [-0.1, -0.05) is 0 Å². The van der Waals surface area contributed by atoms with Gasteiger partial charge in [-0.25, -0.2) is 14.6 Å². The van der Waals surface area contributed by atoms with Crippen LogP contribution < -0.4 is 11.2 Å². The molecule has 1 saturated heterocycles. The van der Waals surface area contributed by atoms with Crippen molar-refractivity contribution in [2.75, 3.05) is 6.61 Å². The van der Waals surface area contributed by atoms with E-state index in [2.05, 4.69) is 9.97 Å². The van der Waals surface area contributed by atoms with Crippen LogP contribution >= 0.6 is 0 Å². The molecule has 2 aromatic heterocycles. The average Bonchev–Trinajstić information content (AvgIpc) is 3.01. The third kappa shape index (κ3) is 1.93. The van der Waals surface area contributed by atoms with Crippen molar-refractivity contribution in [3.8, 4) is 0 Å². The largest absolute Gasteiger partial charge is 0.478 e. The summed E-state index contributed by atoms with van der Waals surface area (Å²) in [6.07, 6.45) is -4.20. The maximum absolute atomic E-state index is 11.7. The summed E-state index contributed by atoms with van der Waals surface area (Å²) in [5.74, 6) is -1.71. The number of nitrogens with zero attached hydrogens (tertiary/aromatic N) is 2. The molecule has 3 rings (SSSR count). The average molecular weight is 328 g/mol. The highest BCUT2D eigenvalue weighted by atomic mass is 16.6. The van der Waals surface area contributed by atoms with E-state index < -0.39 is 47.9 Å². The molecular weight excluding hydrogens is 316 g/mol. The summed E-state index contributed by atoms with van der Waals surface area (Å²) in [4.78, 5) is 42.6. The number of aliphatic hydroxyl groups excluding tert-OH is 3. The zero-order chi connectivity index (χ0) is 16.9. The Bertz CT molecular complexity index is 884. The Hall–Kier alpha value is -2.54. The molecule has 1 aliphatic heterocycles. The summed E-state index contributed by atoms with van der Waals surface area (Å²) in [5, 5.41) is 38.7. The van der Waals surface area contributed by atoms with Crippen molar-refractivity contribution in [1.29, 1.82) is 0 Å². The van der Waals surface area contributed by atoms with Gasteiger partial charge in [-0.15, -0.1) is 0 Å². The number of imidazole rings is 1. The van der Waals surface area contributed by atoms with Gasteiger partial charge in [0.05, 0.1) is 6.61 Å². The van der Waals surface area contributed by atoms with Gasteiger partial charge in [-0.3, -0.25) is 19.3 Å². The van der Waals surface area contributed by atoms with Crippen LogP contribution in [-0.2, 0) is 15.3 Å². The molecule has 0 aliphatic carbocycles. The maximum atomic E-state index is 11.7.